The highest BCUT2D eigenvalue weighted by Gasteiger charge is 2.11. The quantitative estimate of drug-likeness (QED) is 0.820. The third kappa shape index (κ3) is 5.14. The van der Waals surface area contributed by atoms with E-state index in [0.717, 1.165) is 5.56 Å². The molecule has 0 aliphatic rings. The van der Waals surface area contributed by atoms with Crippen LogP contribution in [-0.4, -0.2) is 18.4 Å². The highest BCUT2D eigenvalue weighted by atomic mass is 16.5. The highest BCUT2D eigenvalue weighted by molar-refractivity contribution is 5.79. The maximum absolute atomic E-state index is 12.0. The third-order valence-electron chi connectivity index (χ3n) is 3.37. The number of amides is 2. The van der Waals surface area contributed by atoms with Crippen LogP contribution >= 0.6 is 0 Å². The summed E-state index contributed by atoms with van der Waals surface area (Å²) in [5, 5.41) is 2.87. The van der Waals surface area contributed by atoms with Gasteiger partial charge in [0.15, 0.2) is 6.61 Å². The van der Waals surface area contributed by atoms with Gasteiger partial charge in [-0.1, -0.05) is 48.5 Å². The molecule has 0 saturated heterocycles. The van der Waals surface area contributed by atoms with Crippen LogP contribution in [-0.2, 0) is 16.0 Å². The number of para-hydroxylation sites is 1. The Morgan fingerprint density at radius 3 is 2.43 bits per heavy atom. The molecule has 2 amide bonds. The molecule has 23 heavy (non-hydrogen) atoms. The van der Waals surface area contributed by atoms with E-state index in [0.29, 0.717) is 11.3 Å². The van der Waals surface area contributed by atoms with E-state index in [9.17, 15) is 9.59 Å². The van der Waals surface area contributed by atoms with E-state index in [1.165, 1.54) is 0 Å². The van der Waals surface area contributed by atoms with Gasteiger partial charge in [-0.15, -0.1) is 0 Å². The molecule has 3 N–H and O–H groups in total. The van der Waals surface area contributed by atoms with Gasteiger partial charge in [-0.05, 0) is 18.6 Å². The van der Waals surface area contributed by atoms with E-state index in [2.05, 4.69) is 5.32 Å². The molecule has 0 unspecified atom stereocenters. The fraction of sp³-hybridized carbons (Fsp3) is 0.222. The molecule has 0 aliphatic carbocycles. The van der Waals surface area contributed by atoms with E-state index in [1.54, 1.807) is 24.3 Å². The van der Waals surface area contributed by atoms with Gasteiger partial charge in [-0.25, -0.2) is 0 Å². The predicted molar refractivity (Wildman–Crippen MR) is 87.8 cm³/mol. The molecule has 2 rings (SSSR count). The van der Waals surface area contributed by atoms with E-state index in [4.69, 9.17) is 10.5 Å². The summed E-state index contributed by atoms with van der Waals surface area (Å²) in [6, 6.07) is 16.6. The van der Waals surface area contributed by atoms with Crippen molar-refractivity contribution in [1.82, 2.24) is 5.32 Å². The number of rotatable bonds is 7. The van der Waals surface area contributed by atoms with Crippen LogP contribution in [0.1, 0.15) is 24.1 Å². The average molecular weight is 312 g/mol. The fourth-order valence-electron chi connectivity index (χ4n) is 2.23. The minimum Gasteiger partial charge on any atom is -0.483 e. The van der Waals surface area contributed by atoms with Crippen molar-refractivity contribution < 1.29 is 14.3 Å². The zero-order chi connectivity index (χ0) is 16.7. The van der Waals surface area contributed by atoms with Crippen LogP contribution in [0.15, 0.2) is 54.6 Å². The van der Waals surface area contributed by atoms with Gasteiger partial charge in [0.05, 0.1) is 12.5 Å². The van der Waals surface area contributed by atoms with Gasteiger partial charge in [-0.2, -0.15) is 0 Å². The number of carbonyl (C=O) groups excluding carboxylic acids is 2. The van der Waals surface area contributed by atoms with Crippen molar-refractivity contribution in [3.63, 3.8) is 0 Å². The molecule has 5 heteroatoms. The molecular formula is C18H20N2O3. The number of hydrogen-bond donors (Lipinski definition) is 2. The number of carbonyl (C=O) groups is 2. The van der Waals surface area contributed by atoms with Gasteiger partial charge >= 0.3 is 0 Å². The standard InChI is InChI=1S/C18H20N2O3/c1-13(14-7-3-2-4-8-14)20-18(22)12-23-16-10-6-5-9-15(16)11-17(19)21/h2-10,13H,11-12H2,1H3,(H2,19,21)(H,20,22)/t13-/m1/s1. The Balaban J connectivity index is 1.91. The molecule has 1 atom stereocenters. The molecule has 120 valence electrons. The Morgan fingerprint density at radius 1 is 1.09 bits per heavy atom. The van der Waals surface area contributed by atoms with Crippen LogP contribution in [0.5, 0.6) is 5.75 Å². The SMILES string of the molecule is C[C@@H](NC(=O)COc1ccccc1CC(N)=O)c1ccccc1. The molecular weight excluding hydrogens is 292 g/mol. The molecule has 0 heterocycles. The smallest absolute Gasteiger partial charge is 0.258 e. The molecule has 2 aromatic rings. The third-order valence-corrected chi connectivity index (χ3v) is 3.37. The highest BCUT2D eigenvalue weighted by Crippen LogP contribution is 2.18. The Hall–Kier alpha value is -2.82. The van der Waals surface area contributed by atoms with Gasteiger partial charge in [0, 0.05) is 5.56 Å². The molecule has 0 saturated carbocycles. The van der Waals surface area contributed by atoms with Crippen molar-refractivity contribution in [1.29, 1.82) is 0 Å². The van der Waals surface area contributed by atoms with Gasteiger partial charge in [0.2, 0.25) is 5.91 Å². The van der Waals surface area contributed by atoms with Crippen LogP contribution in [0.4, 0.5) is 0 Å². The number of hydrogen-bond acceptors (Lipinski definition) is 3. The number of nitrogens with one attached hydrogen (secondary N) is 1. The first-order valence-corrected chi connectivity index (χ1v) is 7.39. The molecule has 0 spiro atoms. The summed E-state index contributed by atoms with van der Waals surface area (Å²) < 4.78 is 5.52. The van der Waals surface area contributed by atoms with Crippen LogP contribution in [0, 0.1) is 0 Å². The van der Waals surface area contributed by atoms with Crippen molar-refractivity contribution in [2.24, 2.45) is 5.73 Å². The maximum Gasteiger partial charge on any atom is 0.258 e. The predicted octanol–water partition coefficient (Wildman–Crippen LogP) is 1.97. The molecule has 0 aliphatic heterocycles. The van der Waals surface area contributed by atoms with E-state index in [1.807, 2.05) is 37.3 Å². The lowest BCUT2D eigenvalue weighted by Gasteiger charge is -2.15. The van der Waals surface area contributed by atoms with Gasteiger partial charge in [0.1, 0.15) is 5.75 Å². The van der Waals surface area contributed by atoms with Gasteiger partial charge < -0.3 is 15.8 Å². The van der Waals surface area contributed by atoms with Crippen molar-refractivity contribution in [2.75, 3.05) is 6.61 Å². The molecule has 0 radical (unpaired) electrons. The second kappa shape index (κ2) is 7.98. The van der Waals surface area contributed by atoms with Gasteiger partial charge in [0.25, 0.3) is 5.91 Å². The Kier molecular flexibility index (Phi) is 5.74. The normalized spacial score (nSPS) is 11.5. The first-order valence-electron chi connectivity index (χ1n) is 7.39. The van der Waals surface area contributed by atoms with E-state index in [-0.39, 0.29) is 25.0 Å². The Morgan fingerprint density at radius 2 is 1.74 bits per heavy atom. The zero-order valence-electron chi connectivity index (χ0n) is 13.0. The first-order chi connectivity index (χ1) is 11.1. The van der Waals surface area contributed by atoms with E-state index < -0.39 is 5.91 Å². The average Bonchev–Trinajstić information content (AvgIpc) is 2.54. The summed E-state index contributed by atoms with van der Waals surface area (Å²) in [7, 11) is 0. The number of primary amides is 1. The second-order valence-corrected chi connectivity index (χ2v) is 5.24. The second-order valence-electron chi connectivity index (χ2n) is 5.24. The van der Waals surface area contributed by atoms with Gasteiger partial charge in [-0.3, -0.25) is 9.59 Å². The molecule has 0 bridgehead atoms. The minimum atomic E-state index is -0.441. The maximum atomic E-state index is 12.0. The topological polar surface area (TPSA) is 81.4 Å². The van der Waals surface area contributed by atoms with Crippen molar-refractivity contribution in [2.45, 2.75) is 19.4 Å². The van der Waals surface area contributed by atoms with Crippen LogP contribution in [0.3, 0.4) is 0 Å². The summed E-state index contributed by atoms with van der Waals surface area (Å²) in [6.07, 6.45) is 0.0816. The number of ether oxygens (including phenoxy) is 1. The van der Waals surface area contributed by atoms with Crippen molar-refractivity contribution >= 4 is 11.8 Å². The zero-order valence-corrected chi connectivity index (χ0v) is 13.0. The van der Waals surface area contributed by atoms with Crippen LogP contribution in [0.2, 0.25) is 0 Å². The monoisotopic (exact) mass is 312 g/mol. The summed E-state index contributed by atoms with van der Waals surface area (Å²) in [4.78, 5) is 23.1. The lowest BCUT2D eigenvalue weighted by molar-refractivity contribution is -0.123. The van der Waals surface area contributed by atoms with Crippen molar-refractivity contribution in [3.8, 4) is 5.75 Å². The number of nitrogens with two attached hydrogens (primary N) is 1. The molecule has 5 nitrogen and oxygen atoms in total. The summed E-state index contributed by atoms with van der Waals surface area (Å²) in [6.45, 7) is 1.79. The van der Waals surface area contributed by atoms with Crippen LogP contribution < -0.4 is 15.8 Å². The first kappa shape index (κ1) is 16.5. The minimum absolute atomic E-state index is 0.0816. The number of benzene rings is 2. The van der Waals surface area contributed by atoms with Crippen LogP contribution in [0.25, 0.3) is 0 Å². The summed E-state index contributed by atoms with van der Waals surface area (Å²) >= 11 is 0. The molecule has 0 aromatic heterocycles. The lowest BCUT2D eigenvalue weighted by Crippen LogP contribution is -2.31. The fourth-order valence-corrected chi connectivity index (χ4v) is 2.23. The summed E-state index contributed by atoms with van der Waals surface area (Å²) in [5.74, 6) is -0.174. The summed E-state index contributed by atoms with van der Waals surface area (Å²) in [5.41, 5.74) is 6.90. The van der Waals surface area contributed by atoms with Crippen molar-refractivity contribution in [3.05, 3.63) is 65.7 Å². The Labute approximate surface area is 135 Å². The lowest BCUT2D eigenvalue weighted by atomic mass is 10.1. The largest absolute Gasteiger partial charge is 0.483 e. The van der Waals surface area contributed by atoms with E-state index >= 15 is 0 Å². The Bertz CT molecular complexity index is 671. The molecule has 0 fully saturated rings. The molecule has 2 aromatic carbocycles.